The fraction of sp³-hybridized carbons (Fsp3) is 0.941. The second-order valence-electron chi connectivity index (χ2n) is 6.90. The van der Waals surface area contributed by atoms with Crippen LogP contribution in [0.15, 0.2) is 4.99 Å². The first-order valence-electron chi connectivity index (χ1n) is 9.20. The fourth-order valence-electron chi connectivity index (χ4n) is 4.13. The smallest absolute Gasteiger partial charge is 0.193 e. The van der Waals surface area contributed by atoms with Crippen LogP contribution in [0.3, 0.4) is 0 Å². The maximum absolute atomic E-state index is 4.93. The standard InChI is InChI=1S/C17H32N4S/c1-2-18-17(19-7-8-20-9-11-22-12-10-20)21-13-15-5-3-4-6-16(15)14-21/h15-16H,2-14H2,1H3,(H,18,19). The van der Waals surface area contributed by atoms with Crippen LogP contribution in [0.1, 0.15) is 32.6 Å². The summed E-state index contributed by atoms with van der Waals surface area (Å²) in [6.45, 7) is 10.2. The van der Waals surface area contributed by atoms with Crippen molar-refractivity contribution in [2.24, 2.45) is 16.8 Å². The van der Waals surface area contributed by atoms with Crippen LogP contribution >= 0.6 is 11.8 Å². The molecule has 3 aliphatic rings. The number of nitrogens with zero attached hydrogens (tertiary/aromatic N) is 3. The largest absolute Gasteiger partial charge is 0.357 e. The fourth-order valence-corrected chi connectivity index (χ4v) is 5.11. The lowest BCUT2D eigenvalue weighted by atomic mass is 9.82. The third-order valence-corrected chi connectivity index (χ3v) is 6.33. The molecule has 2 unspecified atom stereocenters. The highest BCUT2D eigenvalue weighted by Gasteiger charge is 2.35. The number of guanidine groups is 1. The molecule has 1 saturated carbocycles. The maximum atomic E-state index is 4.93. The molecule has 2 heterocycles. The number of nitrogens with one attached hydrogen (secondary N) is 1. The second kappa shape index (κ2) is 8.44. The van der Waals surface area contributed by atoms with E-state index >= 15 is 0 Å². The number of likely N-dealkylation sites (tertiary alicyclic amines) is 1. The Bertz CT molecular complexity index is 354. The maximum Gasteiger partial charge on any atom is 0.193 e. The molecule has 3 rings (SSSR count). The van der Waals surface area contributed by atoms with E-state index in [2.05, 4.69) is 33.8 Å². The molecular formula is C17H32N4S. The molecule has 5 heteroatoms. The molecule has 4 nitrogen and oxygen atoms in total. The molecule has 126 valence electrons. The van der Waals surface area contributed by atoms with Gasteiger partial charge in [0.2, 0.25) is 0 Å². The summed E-state index contributed by atoms with van der Waals surface area (Å²) in [4.78, 5) is 10.0. The van der Waals surface area contributed by atoms with Gasteiger partial charge in [-0.1, -0.05) is 12.8 Å². The molecule has 0 bridgehead atoms. The molecule has 2 saturated heterocycles. The average Bonchev–Trinajstić information content (AvgIpc) is 2.99. The van der Waals surface area contributed by atoms with E-state index in [1.807, 2.05) is 0 Å². The Morgan fingerprint density at radius 3 is 2.45 bits per heavy atom. The van der Waals surface area contributed by atoms with Crippen molar-refractivity contribution in [2.75, 3.05) is 57.3 Å². The van der Waals surface area contributed by atoms with Crippen LogP contribution in [-0.4, -0.2) is 73.1 Å². The number of rotatable bonds is 4. The van der Waals surface area contributed by atoms with Gasteiger partial charge in [0, 0.05) is 50.8 Å². The van der Waals surface area contributed by atoms with Gasteiger partial charge in [0.15, 0.2) is 5.96 Å². The van der Waals surface area contributed by atoms with Crippen LogP contribution in [0.5, 0.6) is 0 Å². The van der Waals surface area contributed by atoms with Crippen molar-refractivity contribution >= 4 is 17.7 Å². The van der Waals surface area contributed by atoms with Crippen LogP contribution in [0.2, 0.25) is 0 Å². The molecule has 22 heavy (non-hydrogen) atoms. The first kappa shape index (κ1) is 16.4. The SMILES string of the molecule is CCNC(=NCCN1CCSCC1)N1CC2CCCCC2C1. The molecule has 0 spiro atoms. The molecule has 3 fully saturated rings. The van der Waals surface area contributed by atoms with Gasteiger partial charge in [-0.3, -0.25) is 9.89 Å². The minimum Gasteiger partial charge on any atom is -0.357 e. The zero-order valence-electron chi connectivity index (χ0n) is 14.1. The second-order valence-corrected chi connectivity index (χ2v) is 8.12. The van der Waals surface area contributed by atoms with E-state index in [9.17, 15) is 0 Å². The summed E-state index contributed by atoms with van der Waals surface area (Å²) >= 11 is 2.08. The van der Waals surface area contributed by atoms with Crippen molar-refractivity contribution < 1.29 is 0 Å². The third-order valence-electron chi connectivity index (χ3n) is 5.39. The first-order valence-corrected chi connectivity index (χ1v) is 10.4. The molecule has 0 radical (unpaired) electrons. The Kier molecular flexibility index (Phi) is 6.30. The predicted octanol–water partition coefficient (Wildman–Crippen LogP) is 2.12. The summed E-state index contributed by atoms with van der Waals surface area (Å²) in [6, 6.07) is 0. The lowest BCUT2D eigenvalue weighted by molar-refractivity contribution is 0.299. The highest BCUT2D eigenvalue weighted by Crippen LogP contribution is 2.35. The first-order chi connectivity index (χ1) is 10.9. The van der Waals surface area contributed by atoms with E-state index in [1.165, 1.54) is 69.3 Å². The number of thioether (sulfide) groups is 1. The molecule has 0 aromatic carbocycles. The zero-order valence-corrected chi connectivity index (χ0v) is 14.9. The van der Waals surface area contributed by atoms with E-state index in [0.717, 1.165) is 31.5 Å². The zero-order chi connectivity index (χ0) is 15.2. The summed E-state index contributed by atoms with van der Waals surface area (Å²) in [6.07, 6.45) is 5.75. The number of hydrogen-bond acceptors (Lipinski definition) is 3. The molecular weight excluding hydrogens is 292 g/mol. The van der Waals surface area contributed by atoms with Crippen molar-refractivity contribution in [3.8, 4) is 0 Å². The molecule has 1 N–H and O–H groups in total. The van der Waals surface area contributed by atoms with Gasteiger partial charge in [-0.05, 0) is 31.6 Å². The molecule has 1 aliphatic carbocycles. The Hall–Kier alpha value is -0.420. The quantitative estimate of drug-likeness (QED) is 0.634. The Morgan fingerprint density at radius 2 is 1.82 bits per heavy atom. The Labute approximate surface area is 140 Å². The van der Waals surface area contributed by atoms with Crippen molar-refractivity contribution in [2.45, 2.75) is 32.6 Å². The molecule has 0 amide bonds. The van der Waals surface area contributed by atoms with Crippen molar-refractivity contribution in [1.82, 2.24) is 15.1 Å². The molecule has 2 atom stereocenters. The number of hydrogen-bond donors (Lipinski definition) is 1. The van der Waals surface area contributed by atoms with E-state index in [1.54, 1.807) is 0 Å². The highest BCUT2D eigenvalue weighted by atomic mass is 32.2. The highest BCUT2D eigenvalue weighted by molar-refractivity contribution is 7.99. The summed E-state index contributed by atoms with van der Waals surface area (Å²) < 4.78 is 0. The van der Waals surface area contributed by atoms with Crippen molar-refractivity contribution in [1.29, 1.82) is 0 Å². The lowest BCUT2D eigenvalue weighted by Crippen LogP contribution is -2.41. The van der Waals surface area contributed by atoms with Gasteiger partial charge in [-0.25, -0.2) is 0 Å². The Morgan fingerprint density at radius 1 is 1.14 bits per heavy atom. The number of fused-ring (bicyclic) bond motifs is 1. The van der Waals surface area contributed by atoms with Gasteiger partial charge in [0.1, 0.15) is 0 Å². The van der Waals surface area contributed by atoms with Gasteiger partial charge in [-0.2, -0.15) is 11.8 Å². The van der Waals surface area contributed by atoms with Crippen LogP contribution in [0.25, 0.3) is 0 Å². The van der Waals surface area contributed by atoms with Gasteiger partial charge >= 0.3 is 0 Å². The van der Waals surface area contributed by atoms with E-state index in [4.69, 9.17) is 4.99 Å². The predicted molar refractivity (Wildman–Crippen MR) is 96.8 cm³/mol. The lowest BCUT2D eigenvalue weighted by Gasteiger charge is -2.26. The van der Waals surface area contributed by atoms with Crippen molar-refractivity contribution in [3.63, 3.8) is 0 Å². The Balaban J connectivity index is 1.51. The van der Waals surface area contributed by atoms with Gasteiger partial charge < -0.3 is 10.2 Å². The van der Waals surface area contributed by atoms with Crippen molar-refractivity contribution in [3.05, 3.63) is 0 Å². The minimum absolute atomic E-state index is 0.928. The normalized spacial score (nSPS) is 30.4. The number of aliphatic imine (C=N–C) groups is 1. The molecule has 2 aliphatic heterocycles. The summed E-state index contributed by atoms with van der Waals surface area (Å²) in [5.41, 5.74) is 0. The summed E-state index contributed by atoms with van der Waals surface area (Å²) in [5.74, 6) is 5.61. The topological polar surface area (TPSA) is 30.9 Å². The van der Waals surface area contributed by atoms with Gasteiger partial charge in [0.25, 0.3) is 0 Å². The van der Waals surface area contributed by atoms with Crippen LogP contribution in [0.4, 0.5) is 0 Å². The van der Waals surface area contributed by atoms with E-state index in [0.29, 0.717) is 0 Å². The average molecular weight is 325 g/mol. The summed E-state index contributed by atoms with van der Waals surface area (Å²) in [5, 5.41) is 3.53. The molecule has 0 aromatic heterocycles. The van der Waals surface area contributed by atoms with E-state index in [-0.39, 0.29) is 0 Å². The molecule has 0 aromatic rings. The minimum atomic E-state index is 0.928. The van der Waals surface area contributed by atoms with Crippen LogP contribution in [0, 0.1) is 11.8 Å². The van der Waals surface area contributed by atoms with Crippen LogP contribution in [-0.2, 0) is 0 Å². The van der Waals surface area contributed by atoms with Gasteiger partial charge in [-0.15, -0.1) is 0 Å². The third kappa shape index (κ3) is 4.31. The summed E-state index contributed by atoms with van der Waals surface area (Å²) in [7, 11) is 0. The van der Waals surface area contributed by atoms with E-state index < -0.39 is 0 Å². The van der Waals surface area contributed by atoms with Crippen LogP contribution < -0.4 is 5.32 Å². The monoisotopic (exact) mass is 324 g/mol. The van der Waals surface area contributed by atoms with Gasteiger partial charge in [0.05, 0.1) is 6.54 Å².